The van der Waals surface area contributed by atoms with Crippen LogP contribution in [0.25, 0.3) is 0 Å². The summed E-state index contributed by atoms with van der Waals surface area (Å²) >= 11 is 0. The molecule has 2 aromatic rings. The molecule has 0 aliphatic carbocycles. The Labute approximate surface area is 126 Å². The molecule has 0 bridgehead atoms. The molecule has 112 valence electrons. The topological polar surface area (TPSA) is 72.2 Å². The highest BCUT2D eigenvalue weighted by Gasteiger charge is 2.07. The lowest BCUT2D eigenvalue weighted by atomic mass is 10.1. The van der Waals surface area contributed by atoms with Crippen molar-refractivity contribution in [1.29, 1.82) is 0 Å². The van der Waals surface area contributed by atoms with Gasteiger partial charge in [0.25, 0.3) is 0 Å². The molecule has 2 aromatic carbocycles. The summed E-state index contributed by atoms with van der Waals surface area (Å²) in [7, 11) is -3.61. The fourth-order valence-electron chi connectivity index (χ4n) is 2.14. The summed E-state index contributed by atoms with van der Waals surface area (Å²) in [4.78, 5) is 0.150. The first kappa shape index (κ1) is 15.7. The molecule has 4 nitrogen and oxygen atoms in total. The molecule has 0 amide bonds. The second-order valence-corrected chi connectivity index (χ2v) is 6.59. The van der Waals surface area contributed by atoms with E-state index in [1.165, 1.54) is 5.56 Å². The summed E-state index contributed by atoms with van der Waals surface area (Å²) in [5, 5.41) is 8.52. The Morgan fingerprint density at radius 3 is 2.24 bits per heavy atom. The molecule has 0 aliphatic heterocycles. The minimum Gasteiger partial charge on any atom is -0.310 e. The predicted octanol–water partition coefficient (Wildman–Crippen LogP) is 2.23. The van der Waals surface area contributed by atoms with Gasteiger partial charge in [-0.1, -0.05) is 42.5 Å². The van der Waals surface area contributed by atoms with E-state index in [0.29, 0.717) is 0 Å². The van der Waals surface area contributed by atoms with Gasteiger partial charge in [0.15, 0.2) is 0 Å². The number of hydrogen-bond donors (Lipinski definition) is 2. The first-order chi connectivity index (χ1) is 9.97. The lowest BCUT2D eigenvalue weighted by Crippen LogP contribution is -2.21. The van der Waals surface area contributed by atoms with Crippen LogP contribution in [-0.4, -0.2) is 15.0 Å². The Morgan fingerprint density at radius 1 is 1.05 bits per heavy atom. The van der Waals surface area contributed by atoms with Crippen molar-refractivity contribution in [3.63, 3.8) is 0 Å². The van der Waals surface area contributed by atoms with Crippen molar-refractivity contribution < 1.29 is 8.42 Å². The van der Waals surface area contributed by atoms with E-state index in [1.54, 1.807) is 24.3 Å². The van der Waals surface area contributed by atoms with Crippen molar-refractivity contribution in [3.8, 4) is 0 Å². The molecular weight excluding hydrogens is 284 g/mol. The molecule has 0 heterocycles. The fourth-order valence-corrected chi connectivity index (χ4v) is 2.65. The van der Waals surface area contributed by atoms with Gasteiger partial charge in [-0.15, -0.1) is 0 Å². The molecule has 1 unspecified atom stereocenters. The smallest absolute Gasteiger partial charge is 0.238 e. The molecule has 5 heteroatoms. The van der Waals surface area contributed by atoms with Crippen molar-refractivity contribution >= 4 is 10.0 Å². The van der Waals surface area contributed by atoms with Gasteiger partial charge < -0.3 is 5.32 Å². The molecule has 0 spiro atoms. The number of primary sulfonamides is 1. The van der Waals surface area contributed by atoms with Gasteiger partial charge in [-0.2, -0.15) is 0 Å². The number of rotatable bonds is 6. The van der Waals surface area contributed by atoms with Crippen molar-refractivity contribution in [1.82, 2.24) is 5.32 Å². The van der Waals surface area contributed by atoms with Gasteiger partial charge in [-0.25, -0.2) is 13.6 Å². The minimum atomic E-state index is -3.61. The zero-order chi connectivity index (χ0) is 15.3. The average molecular weight is 304 g/mol. The third-order valence-electron chi connectivity index (χ3n) is 3.42. The number of sulfonamides is 1. The Balaban J connectivity index is 1.86. The first-order valence-electron chi connectivity index (χ1n) is 6.87. The van der Waals surface area contributed by atoms with Gasteiger partial charge in [0.05, 0.1) is 4.90 Å². The predicted molar refractivity (Wildman–Crippen MR) is 84.4 cm³/mol. The summed E-state index contributed by atoms with van der Waals surface area (Å²) < 4.78 is 22.3. The monoisotopic (exact) mass is 304 g/mol. The van der Waals surface area contributed by atoms with Crippen molar-refractivity contribution in [3.05, 3.63) is 65.7 Å². The van der Waals surface area contributed by atoms with Gasteiger partial charge in [0.2, 0.25) is 10.0 Å². The van der Waals surface area contributed by atoms with E-state index in [1.807, 2.05) is 18.2 Å². The van der Waals surface area contributed by atoms with E-state index < -0.39 is 10.0 Å². The van der Waals surface area contributed by atoms with E-state index in [-0.39, 0.29) is 10.9 Å². The quantitative estimate of drug-likeness (QED) is 0.859. The maximum atomic E-state index is 11.2. The molecule has 2 rings (SSSR count). The summed E-state index contributed by atoms with van der Waals surface area (Å²) in [6, 6.07) is 17.2. The SMILES string of the molecule is CC(NCCc1ccc(S(N)(=O)=O)cc1)c1ccccc1. The highest BCUT2D eigenvalue weighted by Crippen LogP contribution is 2.12. The second-order valence-electron chi connectivity index (χ2n) is 5.03. The van der Waals surface area contributed by atoms with Crippen molar-refractivity contribution in [2.75, 3.05) is 6.54 Å². The molecule has 0 saturated carbocycles. The van der Waals surface area contributed by atoms with Gasteiger partial charge in [0, 0.05) is 6.04 Å². The third-order valence-corrected chi connectivity index (χ3v) is 4.34. The normalized spacial score (nSPS) is 13.0. The van der Waals surface area contributed by atoms with Crippen LogP contribution in [0.1, 0.15) is 24.1 Å². The molecule has 0 saturated heterocycles. The van der Waals surface area contributed by atoms with Crippen LogP contribution in [0.2, 0.25) is 0 Å². The highest BCUT2D eigenvalue weighted by molar-refractivity contribution is 7.89. The Bertz CT molecular complexity index is 667. The maximum absolute atomic E-state index is 11.2. The van der Waals surface area contributed by atoms with Crippen molar-refractivity contribution in [2.24, 2.45) is 5.14 Å². The van der Waals surface area contributed by atoms with Crippen LogP contribution in [0.15, 0.2) is 59.5 Å². The van der Waals surface area contributed by atoms with Crippen LogP contribution < -0.4 is 10.5 Å². The second kappa shape index (κ2) is 6.85. The van der Waals surface area contributed by atoms with Crippen LogP contribution in [0.5, 0.6) is 0 Å². The van der Waals surface area contributed by atoms with E-state index in [0.717, 1.165) is 18.5 Å². The largest absolute Gasteiger partial charge is 0.310 e. The van der Waals surface area contributed by atoms with Crippen LogP contribution >= 0.6 is 0 Å². The zero-order valence-electron chi connectivity index (χ0n) is 12.0. The van der Waals surface area contributed by atoms with Crippen LogP contribution in [-0.2, 0) is 16.4 Å². The van der Waals surface area contributed by atoms with E-state index in [9.17, 15) is 8.42 Å². The molecule has 3 N–H and O–H groups in total. The van der Waals surface area contributed by atoms with E-state index in [4.69, 9.17) is 5.14 Å². The van der Waals surface area contributed by atoms with Gasteiger partial charge in [-0.3, -0.25) is 0 Å². The lowest BCUT2D eigenvalue weighted by Gasteiger charge is -2.14. The van der Waals surface area contributed by atoms with E-state index >= 15 is 0 Å². The lowest BCUT2D eigenvalue weighted by molar-refractivity contribution is 0.577. The number of nitrogens with two attached hydrogens (primary N) is 1. The summed E-state index contributed by atoms with van der Waals surface area (Å²) in [6.45, 7) is 2.95. The van der Waals surface area contributed by atoms with Crippen LogP contribution in [0.3, 0.4) is 0 Å². The summed E-state index contributed by atoms with van der Waals surface area (Å²) in [5.74, 6) is 0. The molecular formula is C16H20N2O2S. The maximum Gasteiger partial charge on any atom is 0.238 e. The van der Waals surface area contributed by atoms with Gasteiger partial charge in [-0.05, 0) is 43.1 Å². The summed E-state index contributed by atoms with van der Waals surface area (Å²) in [5.41, 5.74) is 2.33. The molecule has 0 aromatic heterocycles. The first-order valence-corrected chi connectivity index (χ1v) is 8.41. The Kier molecular flexibility index (Phi) is 5.12. The van der Waals surface area contributed by atoms with E-state index in [2.05, 4.69) is 24.4 Å². The summed E-state index contributed by atoms with van der Waals surface area (Å²) in [6.07, 6.45) is 0.835. The molecule has 21 heavy (non-hydrogen) atoms. The Morgan fingerprint density at radius 2 is 1.67 bits per heavy atom. The van der Waals surface area contributed by atoms with Gasteiger partial charge in [0.1, 0.15) is 0 Å². The third kappa shape index (κ3) is 4.67. The van der Waals surface area contributed by atoms with Crippen LogP contribution in [0.4, 0.5) is 0 Å². The van der Waals surface area contributed by atoms with Crippen molar-refractivity contribution in [2.45, 2.75) is 24.3 Å². The minimum absolute atomic E-state index is 0.150. The molecule has 1 atom stereocenters. The average Bonchev–Trinajstić information content (AvgIpc) is 2.47. The highest BCUT2D eigenvalue weighted by atomic mass is 32.2. The fraction of sp³-hybridized carbons (Fsp3) is 0.250. The van der Waals surface area contributed by atoms with Gasteiger partial charge >= 0.3 is 0 Å². The number of benzene rings is 2. The molecule has 0 fully saturated rings. The molecule has 0 radical (unpaired) electrons. The van der Waals surface area contributed by atoms with Crippen LogP contribution in [0, 0.1) is 0 Å². The number of nitrogens with one attached hydrogen (secondary N) is 1. The Hall–Kier alpha value is -1.69. The standard InChI is InChI=1S/C16H20N2O2S/c1-13(15-5-3-2-4-6-15)18-12-11-14-7-9-16(10-8-14)21(17,19)20/h2-10,13,18H,11-12H2,1H3,(H2,17,19,20). The molecule has 0 aliphatic rings. The zero-order valence-corrected chi connectivity index (χ0v) is 12.8. The number of hydrogen-bond acceptors (Lipinski definition) is 3.